The fourth-order valence-corrected chi connectivity index (χ4v) is 6.01. The van der Waals surface area contributed by atoms with Crippen LogP contribution in [-0.2, 0) is 9.84 Å². The average Bonchev–Trinajstić information content (AvgIpc) is 3.11. The number of rotatable bonds is 2. The highest BCUT2D eigenvalue weighted by molar-refractivity contribution is 7.91. The van der Waals surface area contributed by atoms with E-state index < -0.39 is 9.84 Å². The van der Waals surface area contributed by atoms with E-state index in [1.807, 2.05) is 17.6 Å². The number of imidazole rings is 1. The van der Waals surface area contributed by atoms with Crippen molar-refractivity contribution in [1.29, 1.82) is 0 Å². The summed E-state index contributed by atoms with van der Waals surface area (Å²) in [6.07, 6.45) is 2.72. The molecule has 2 fully saturated rings. The van der Waals surface area contributed by atoms with Crippen molar-refractivity contribution in [1.82, 2.24) is 19.5 Å². The first kappa shape index (κ1) is 14.4. The Bertz CT molecular complexity index is 757. The maximum absolute atomic E-state index is 11.6. The molecule has 0 N–H and O–H groups in total. The molecule has 2 saturated heterocycles. The highest BCUT2D eigenvalue weighted by atomic mass is 32.2. The lowest BCUT2D eigenvalue weighted by atomic mass is 10.2. The summed E-state index contributed by atoms with van der Waals surface area (Å²) >= 11 is 1.61. The molecule has 0 aromatic carbocycles. The molecule has 2 aliphatic heterocycles. The molecule has 0 spiro atoms. The van der Waals surface area contributed by atoms with Gasteiger partial charge < -0.3 is 4.90 Å². The number of nitrogens with zero attached hydrogens (tertiary/aromatic N) is 5. The Kier molecular flexibility index (Phi) is 3.39. The van der Waals surface area contributed by atoms with Gasteiger partial charge in [-0.15, -0.1) is 5.10 Å². The third-order valence-electron chi connectivity index (χ3n) is 4.46. The minimum atomic E-state index is -2.80. The minimum absolute atomic E-state index is 0.211. The van der Waals surface area contributed by atoms with E-state index in [9.17, 15) is 8.42 Å². The average molecular weight is 341 g/mol. The topological polar surface area (TPSA) is 70.8 Å². The second kappa shape index (κ2) is 5.17. The van der Waals surface area contributed by atoms with Crippen LogP contribution in [0.3, 0.4) is 0 Å². The largest absolute Gasteiger partial charge is 0.344 e. The predicted molar refractivity (Wildman–Crippen MR) is 86.4 cm³/mol. The molecule has 0 radical (unpaired) electrons. The Morgan fingerprint density at radius 3 is 2.68 bits per heavy atom. The lowest BCUT2D eigenvalue weighted by molar-refractivity contribution is 0.200. The number of piperazine rings is 1. The van der Waals surface area contributed by atoms with Gasteiger partial charge in [0.15, 0.2) is 9.84 Å². The van der Waals surface area contributed by atoms with Gasteiger partial charge in [-0.05, 0) is 13.3 Å². The summed E-state index contributed by atoms with van der Waals surface area (Å²) in [5.74, 6) is 0.679. The quantitative estimate of drug-likeness (QED) is 0.788. The maximum Gasteiger partial charge on any atom is 0.214 e. The summed E-state index contributed by atoms with van der Waals surface area (Å²) in [6.45, 7) is 5.57. The molecule has 0 unspecified atom stereocenters. The Balaban J connectivity index is 1.42. The Morgan fingerprint density at radius 2 is 2.05 bits per heavy atom. The van der Waals surface area contributed by atoms with Gasteiger partial charge in [-0.1, -0.05) is 11.3 Å². The van der Waals surface area contributed by atoms with Crippen LogP contribution in [0.2, 0.25) is 0 Å². The number of hydrogen-bond acceptors (Lipinski definition) is 7. The van der Waals surface area contributed by atoms with Crippen molar-refractivity contribution >= 4 is 31.3 Å². The summed E-state index contributed by atoms with van der Waals surface area (Å²) in [6, 6.07) is 0.211. The molecule has 120 valence electrons. The number of fused-ring (bicyclic) bond motifs is 1. The second-order valence-corrected chi connectivity index (χ2v) is 9.24. The molecule has 22 heavy (non-hydrogen) atoms. The summed E-state index contributed by atoms with van der Waals surface area (Å²) in [4.78, 5) is 9.96. The van der Waals surface area contributed by atoms with Crippen molar-refractivity contribution in [2.24, 2.45) is 0 Å². The van der Waals surface area contributed by atoms with Crippen LogP contribution in [0.4, 0.5) is 5.13 Å². The van der Waals surface area contributed by atoms with Crippen LogP contribution in [0.15, 0.2) is 6.20 Å². The van der Waals surface area contributed by atoms with Crippen molar-refractivity contribution in [2.75, 3.05) is 42.6 Å². The molecule has 0 saturated carbocycles. The standard InChI is InChI=1S/C13H19N5O2S2/c1-10-8-18-12(14-10)21-13(15-18)17-5-3-16(4-6-17)11-2-7-22(19,20)9-11/h8,11H,2-7,9H2,1H3/t11-/m1/s1. The monoisotopic (exact) mass is 341 g/mol. The number of anilines is 1. The number of sulfone groups is 1. The van der Waals surface area contributed by atoms with E-state index in [-0.39, 0.29) is 6.04 Å². The zero-order chi connectivity index (χ0) is 15.3. The summed E-state index contributed by atoms with van der Waals surface area (Å²) in [5, 5.41) is 5.59. The van der Waals surface area contributed by atoms with Gasteiger partial charge >= 0.3 is 0 Å². The SMILES string of the molecule is Cc1cn2nc(N3CCN([C@@H]4CCS(=O)(=O)C4)CC3)sc2n1. The van der Waals surface area contributed by atoms with E-state index in [2.05, 4.69) is 19.9 Å². The van der Waals surface area contributed by atoms with Gasteiger partial charge in [0, 0.05) is 32.2 Å². The number of aryl methyl sites for hydroxylation is 1. The van der Waals surface area contributed by atoms with Crippen molar-refractivity contribution in [3.63, 3.8) is 0 Å². The first-order chi connectivity index (χ1) is 10.5. The number of hydrogen-bond donors (Lipinski definition) is 0. The van der Waals surface area contributed by atoms with E-state index in [0.717, 1.165) is 48.4 Å². The van der Waals surface area contributed by atoms with Crippen LogP contribution in [0.25, 0.3) is 4.96 Å². The third kappa shape index (κ3) is 2.61. The van der Waals surface area contributed by atoms with E-state index in [4.69, 9.17) is 0 Å². The molecule has 0 amide bonds. The first-order valence-corrected chi connectivity index (χ1v) is 10.2. The molecular weight excluding hydrogens is 322 g/mol. The maximum atomic E-state index is 11.6. The molecule has 4 rings (SSSR count). The molecule has 2 aromatic heterocycles. The van der Waals surface area contributed by atoms with Gasteiger partial charge in [0.25, 0.3) is 0 Å². The molecule has 0 aliphatic carbocycles. The Labute approximate surface area is 133 Å². The van der Waals surface area contributed by atoms with Crippen molar-refractivity contribution in [3.05, 3.63) is 11.9 Å². The van der Waals surface area contributed by atoms with E-state index in [0.29, 0.717) is 11.5 Å². The number of aromatic nitrogens is 3. The molecule has 2 aliphatic rings. The van der Waals surface area contributed by atoms with Crippen LogP contribution >= 0.6 is 11.3 Å². The zero-order valence-corrected chi connectivity index (χ0v) is 14.1. The predicted octanol–water partition coefficient (Wildman–Crippen LogP) is 0.408. The minimum Gasteiger partial charge on any atom is -0.344 e. The van der Waals surface area contributed by atoms with Gasteiger partial charge in [-0.2, -0.15) is 0 Å². The van der Waals surface area contributed by atoms with Gasteiger partial charge in [0.05, 0.1) is 23.4 Å². The van der Waals surface area contributed by atoms with Crippen LogP contribution in [0.1, 0.15) is 12.1 Å². The van der Waals surface area contributed by atoms with E-state index >= 15 is 0 Å². The molecule has 0 bridgehead atoms. The van der Waals surface area contributed by atoms with Gasteiger partial charge in [-0.3, -0.25) is 4.90 Å². The first-order valence-electron chi connectivity index (χ1n) is 7.52. The van der Waals surface area contributed by atoms with Crippen molar-refractivity contribution in [3.8, 4) is 0 Å². The lowest BCUT2D eigenvalue weighted by Crippen LogP contribution is -2.50. The van der Waals surface area contributed by atoms with E-state index in [1.54, 1.807) is 11.3 Å². The molecule has 2 aromatic rings. The summed E-state index contributed by atoms with van der Waals surface area (Å²) < 4.78 is 25.1. The molecular formula is C13H19N5O2S2. The zero-order valence-electron chi connectivity index (χ0n) is 12.5. The highest BCUT2D eigenvalue weighted by Gasteiger charge is 2.34. The Hall–Kier alpha value is -1.19. The fourth-order valence-electron chi connectivity index (χ4n) is 3.27. The second-order valence-electron chi connectivity index (χ2n) is 6.07. The van der Waals surface area contributed by atoms with Crippen LogP contribution in [0, 0.1) is 6.92 Å². The van der Waals surface area contributed by atoms with Crippen molar-refractivity contribution < 1.29 is 8.42 Å². The van der Waals surface area contributed by atoms with Crippen molar-refractivity contribution in [2.45, 2.75) is 19.4 Å². The smallest absolute Gasteiger partial charge is 0.214 e. The van der Waals surface area contributed by atoms with Crippen LogP contribution in [0.5, 0.6) is 0 Å². The molecule has 7 nitrogen and oxygen atoms in total. The van der Waals surface area contributed by atoms with Crippen LogP contribution in [-0.4, -0.2) is 71.6 Å². The highest BCUT2D eigenvalue weighted by Crippen LogP contribution is 2.25. The van der Waals surface area contributed by atoms with Gasteiger partial charge in [0.1, 0.15) is 0 Å². The fraction of sp³-hybridized carbons (Fsp3) is 0.692. The molecule has 1 atom stereocenters. The van der Waals surface area contributed by atoms with Crippen LogP contribution < -0.4 is 4.90 Å². The summed E-state index contributed by atoms with van der Waals surface area (Å²) in [5.41, 5.74) is 0.984. The van der Waals surface area contributed by atoms with E-state index in [1.165, 1.54) is 0 Å². The molecule has 9 heteroatoms. The summed E-state index contributed by atoms with van der Waals surface area (Å²) in [7, 11) is -2.80. The van der Waals surface area contributed by atoms with Gasteiger partial charge in [-0.25, -0.2) is 17.9 Å². The third-order valence-corrected chi connectivity index (χ3v) is 7.20. The normalized spacial score (nSPS) is 26.0. The molecule has 4 heterocycles. The lowest BCUT2D eigenvalue weighted by Gasteiger charge is -2.37. The Morgan fingerprint density at radius 1 is 1.27 bits per heavy atom. The van der Waals surface area contributed by atoms with Gasteiger partial charge in [0.2, 0.25) is 10.1 Å².